The molecule has 140 valence electrons. The number of hydrogen-bond donors (Lipinski definition) is 0. The molecule has 1 aliphatic rings. The van der Waals surface area contributed by atoms with E-state index in [4.69, 9.17) is 11.6 Å². The molecule has 0 N–H and O–H groups in total. The summed E-state index contributed by atoms with van der Waals surface area (Å²) in [7, 11) is 0. The second-order valence-corrected chi connectivity index (χ2v) is 7.62. The summed E-state index contributed by atoms with van der Waals surface area (Å²) in [5, 5.41) is 0.705. The first-order valence-corrected chi connectivity index (χ1v) is 9.68. The summed E-state index contributed by atoms with van der Waals surface area (Å²) in [6.45, 7) is 7.69. The monoisotopic (exact) mass is 382 g/mol. The molecule has 2 aromatic heterocycles. The number of amides is 1. The van der Waals surface area contributed by atoms with Crippen LogP contribution in [0.15, 0.2) is 48.8 Å². The Labute approximate surface area is 164 Å². The van der Waals surface area contributed by atoms with Gasteiger partial charge in [0.1, 0.15) is 11.3 Å². The molecule has 4 rings (SSSR count). The number of carbonyl (C=O) groups excluding carboxylic acids is 1. The van der Waals surface area contributed by atoms with Crippen molar-refractivity contribution in [3.8, 4) is 11.1 Å². The first-order valence-electron chi connectivity index (χ1n) is 9.30. The fourth-order valence-corrected chi connectivity index (χ4v) is 3.80. The minimum Gasteiger partial charge on any atom is -0.335 e. The molecular formula is C21H23ClN4O. The van der Waals surface area contributed by atoms with Crippen molar-refractivity contribution >= 4 is 23.2 Å². The molecule has 0 saturated carbocycles. The van der Waals surface area contributed by atoms with Gasteiger partial charge in [-0.3, -0.25) is 9.69 Å². The summed E-state index contributed by atoms with van der Waals surface area (Å²) in [6, 6.07) is 12.2. The third-order valence-electron chi connectivity index (χ3n) is 5.19. The Morgan fingerprint density at radius 1 is 1.04 bits per heavy atom. The van der Waals surface area contributed by atoms with Gasteiger partial charge in [0.15, 0.2) is 0 Å². The number of imidazole rings is 1. The molecule has 0 unspecified atom stereocenters. The highest BCUT2D eigenvalue weighted by atomic mass is 35.5. The Hall–Kier alpha value is -2.37. The normalized spacial score (nSPS) is 15.6. The van der Waals surface area contributed by atoms with Gasteiger partial charge in [-0.25, -0.2) is 4.98 Å². The number of fused-ring (bicyclic) bond motifs is 1. The number of carbonyl (C=O) groups is 1. The van der Waals surface area contributed by atoms with Crippen molar-refractivity contribution < 1.29 is 4.79 Å². The lowest BCUT2D eigenvalue weighted by Gasteiger charge is -2.36. The maximum Gasteiger partial charge on any atom is 0.274 e. The van der Waals surface area contributed by atoms with Crippen LogP contribution in [0.4, 0.5) is 0 Å². The molecule has 3 aromatic rings. The number of rotatable bonds is 3. The van der Waals surface area contributed by atoms with E-state index >= 15 is 0 Å². The van der Waals surface area contributed by atoms with E-state index < -0.39 is 0 Å². The van der Waals surface area contributed by atoms with Crippen LogP contribution in [0.25, 0.3) is 16.8 Å². The first kappa shape index (κ1) is 18.0. The molecule has 3 heterocycles. The Kier molecular flexibility index (Phi) is 4.89. The maximum atomic E-state index is 12.9. The van der Waals surface area contributed by atoms with Crippen molar-refractivity contribution in [2.45, 2.75) is 19.9 Å². The zero-order valence-electron chi connectivity index (χ0n) is 15.6. The van der Waals surface area contributed by atoms with Crippen LogP contribution in [0.3, 0.4) is 0 Å². The fourth-order valence-electron chi connectivity index (χ4n) is 3.55. The van der Waals surface area contributed by atoms with Gasteiger partial charge in [0, 0.05) is 55.2 Å². The Morgan fingerprint density at radius 2 is 1.78 bits per heavy atom. The van der Waals surface area contributed by atoms with E-state index in [2.05, 4.69) is 23.7 Å². The van der Waals surface area contributed by atoms with Crippen molar-refractivity contribution in [3.63, 3.8) is 0 Å². The first-order chi connectivity index (χ1) is 13.0. The Bertz CT molecular complexity index is 973. The topological polar surface area (TPSA) is 40.9 Å². The van der Waals surface area contributed by atoms with Crippen molar-refractivity contribution in [2.75, 3.05) is 26.2 Å². The highest BCUT2D eigenvalue weighted by Crippen LogP contribution is 2.27. The summed E-state index contributed by atoms with van der Waals surface area (Å²) in [5.41, 5.74) is 3.21. The maximum absolute atomic E-state index is 12.9. The number of pyridine rings is 1. The van der Waals surface area contributed by atoms with Crippen LogP contribution in [0.1, 0.15) is 24.3 Å². The van der Waals surface area contributed by atoms with Gasteiger partial charge in [-0.15, -0.1) is 0 Å². The number of nitrogens with zero attached hydrogens (tertiary/aromatic N) is 4. The van der Waals surface area contributed by atoms with Crippen LogP contribution in [0.5, 0.6) is 0 Å². The smallest absolute Gasteiger partial charge is 0.274 e. The third kappa shape index (κ3) is 3.57. The summed E-state index contributed by atoms with van der Waals surface area (Å²) in [6.07, 6.45) is 3.78. The molecule has 1 amide bonds. The van der Waals surface area contributed by atoms with E-state index in [1.165, 1.54) is 0 Å². The predicted molar refractivity (Wildman–Crippen MR) is 108 cm³/mol. The number of benzene rings is 1. The van der Waals surface area contributed by atoms with E-state index in [0.29, 0.717) is 16.8 Å². The second kappa shape index (κ2) is 7.33. The molecule has 5 nitrogen and oxygen atoms in total. The van der Waals surface area contributed by atoms with Gasteiger partial charge in [-0.05, 0) is 37.6 Å². The Balaban J connectivity index is 1.57. The van der Waals surface area contributed by atoms with E-state index in [9.17, 15) is 4.79 Å². The zero-order valence-corrected chi connectivity index (χ0v) is 16.4. The van der Waals surface area contributed by atoms with Crippen molar-refractivity contribution in [3.05, 3.63) is 59.5 Å². The van der Waals surface area contributed by atoms with Crippen LogP contribution in [0.2, 0.25) is 5.02 Å². The largest absolute Gasteiger partial charge is 0.335 e. The third-order valence-corrected chi connectivity index (χ3v) is 5.52. The molecule has 1 saturated heterocycles. The van der Waals surface area contributed by atoms with Crippen LogP contribution in [0, 0.1) is 0 Å². The minimum atomic E-state index is 0.00130. The van der Waals surface area contributed by atoms with Gasteiger partial charge in [-0.2, -0.15) is 0 Å². The molecular weight excluding hydrogens is 360 g/mol. The second-order valence-electron chi connectivity index (χ2n) is 7.21. The van der Waals surface area contributed by atoms with Gasteiger partial charge in [0.05, 0.1) is 0 Å². The van der Waals surface area contributed by atoms with Crippen molar-refractivity contribution in [2.24, 2.45) is 0 Å². The minimum absolute atomic E-state index is 0.00130. The molecule has 0 spiro atoms. The van der Waals surface area contributed by atoms with Crippen molar-refractivity contribution in [1.82, 2.24) is 19.2 Å². The average molecular weight is 383 g/mol. The van der Waals surface area contributed by atoms with E-state index in [1.807, 2.05) is 58.1 Å². The molecule has 0 radical (unpaired) electrons. The molecule has 27 heavy (non-hydrogen) atoms. The van der Waals surface area contributed by atoms with Gasteiger partial charge in [0.25, 0.3) is 5.91 Å². The van der Waals surface area contributed by atoms with E-state index in [0.717, 1.165) is 43.0 Å². The van der Waals surface area contributed by atoms with Crippen LogP contribution in [-0.4, -0.2) is 57.3 Å². The lowest BCUT2D eigenvalue weighted by Crippen LogP contribution is -2.50. The number of hydrogen-bond acceptors (Lipinski definition) is 3. The van der Waals surface area contributed by atoms with Crippen LogP contribution < -0.4 is 0 Å². The predicted octanol–water partition coefficient (Wildman–Crippen LogP) is 3.82. The van der Waals surface area contributed by atoms with Gasteiger partial charge >= 0.3 is 0 Å². The van der Waals surface area contributed by atoms with Gasteiger partial charge in [-0.1, -0.05) is 29.8 Å². The van der Waals surface area contributed by atoms with Crippen molar-refractivity contribution in [1.29, 1.82) is 0 Å². The molecule has 0 atom stereocenters. The summed E-state index contributed by atoms with van der Waals surface area (Å²) >= 11 is 6.31. The molecule has 6 heteroatoms. The quantitative estimate of drug-likeness (QED) is 0.691. The highest BCUT2D eigenvalue weighted by Gasteiger charge is 2.24. The SMILES string of the molecule is CC(C)N1CCN(C(=O)c2cn3cc(-c4ccccc4Cl)ccc3n2)CC1. The lowest BCUT2D eigenvalue weighted by molar-refractivity contribution is 0.0590. The average Bonchev–Trinajstić information content (AvgIpc) is 3.11. The van der Waals surface area contributed by atoms with E-state index in [-0.39, 0.29) is 5.91 Å². The zero-order chi connectivity index (χ0) is 19.0. The summed E-state index contributed by atoms with van der Waals surface area (Å²) in [5.74, 6) is 0.00130. The molecule has 1 aromatic carbocycles. The van der Waals surface area contributed by atoms with E-state index in [1.54, 1.807) is 0 Å². The summed E-state index contributed by atoms with van der Waals surface area (Å²) in [4.78, 5) is 21.7. The molecule has 1 aliphatic heterocycles. The Morgan fingerprint density at radius 3 is 2.48 bits per heavy atom. The van der Waals surface area contributed by atoms with Gasteiger partial charge < -0.3 is 9.30 Å². The molecule has 0 aliphatic carbocycles. The van der Waals surface area contributed by atoms with Crippen LogP contribution >= 0.6 is 11.6 Å². The number of piperazine rings is 1. The number of halogens is 1. The molecule has 1 fully saturated rings. The molecule has 0 bridgehead atoms. The lowest BCUT2D eigenvalue weighted by atomic mass is 10.1. The highest BCUT2D eigenvalue weighted by molar-refractivity contribution is 6.33. The van der Waals surface area contributed by atoms with Gasteiger partial charge in [0.2, 0.25) is 0 Å². The van der Waals surface area contributed by atoms with Crippen LogP contribution in [-0.2, 0) is 0 Å². The fraction of sp³-hybridized carbons (Fsp3) is 0.333. The standard InChI is InChI=1S/C21H23ClN4O/c1-15(2)24-9-11-25(12-10-24)21(27)19-14-26-13-16(7-8-20(26)23-19)17-5-3-4-6-18(17)22/h3-8,13-15H,9-12H2,1-2H3. The number of aromatic nitrogens is 2. The summed E-state index contributed by atoms with van der Waals surface area (Å²) < 4.78 is 1.90.